The fourth-order valence-electron chi connectivity index (χ4n) is 2.34. The highest BCUT2D eigenvalue weighted by atomic mass is 16.6. The summed E-state index contributed by atoms with van der Waals surface area (Å²) in [6.07, 6.45) is 4.30. The monoisotopic (exact) mass is 241 g/mol. The molecule has 1 N–H and O–H groups in total. The highest BCUT2D eigenvalue weighted by molar-refractivity contribution is 5.70. The second-order valence-corrected chi connectivity index (χ2v) is 5.91. The molecule has 0 radical (unpaired) electrons. The molecule has 1 rings (SSSR count). The molecule has 1 fully saturated rings. The van der Waals surface area contributed by atoms with Crippen LogP contribution in [0.4, 0.5) is 4.79 Å². The summed E-state index contributed by atoms with van der Waals surface area (Å²) in [5.41, 5.74) is -0.904. The van der Waals surface area contributed by atoms with E-state index in [4.69, 9.17) is 4.74 Å². The van der Waals surface area contributed by atoms with Crippen LogP contribution in [0.5, 0.6) is 0 Å². The molecule has 4 nitrogen and oxygen atoms in total. The average Bonchev–Trinajstić information content (AvgIpc) is 2.63. The third-order valence-corrected chi connectivity index (χ3v) is 3.32. The Balaban J connectivity index is 2.68. The van der Waals surface area contributed by atoms with Gasteiger partial charge in [0.2, 0.25) is 0 Å². The highest BCUT2D eigenvalue weighted by Crippen LogP contribution is 2.35. The molecule has 1 aliphatic carbocycles. The first-order chi connectivity index (χ1) is 7.79. The van der Waals surface area contributed by atoms with E-state index in [2.05, 4.69) is 5.32 Å². The molecule has 1 aliphatic rings. The summed E-state index contributed by atoms with van der Waals surface area (Å²) >= 11 is 0. The lowest BCUT2D eigenvalue weighted by Gasteiger charge is -2.34. The van der Waals surface area contributed by atoms with Crippen LogP contribution in [-0.2, 0) is 9.53 Å². The Bertz CT molecular complexity index is 288. The largest absolute Gasteiger partial charge is 0.444 e. The van der Waals surface area contributed by atoms with E-state index in [1.54, 1.807) is 0 Å². The van der Waals surface area contributed by atoms with Gasteiger partial charge in [-0.1, -0.05) is 19.8 Å². The molecule has 0 aliphatic heterocycles. The van der Waals surface area contributed by atoms with Crippen molar-refractivity contribution in [2.75, 3.05) is 0 Å². The van der Waals surface area contributed by atoms with Gasteiger partial charge in [0.1, 0.15) is 11.9 Å². The zero-order valence-electron chi connectivity index (χ0n) is 11.2. The van der Waals surface area contributed by atoms with Crippen LogP contribution in [0.2, 0.25) is 0 Å². The van der Waals surface area contributed by atoms with E-state index in [-0.39, 0.29) is 5.92 Å². The minimum Gasteiger partial charge on any atom is -0.444 e. The maximum absolute atomic E-state index is 11.8. The third-order valence-electron chi connectivity index (χ3n) is 3.32. The highest BCUT2D eigenvalue weighted by Gasteiger charge is 2.41. The van der Waals surface area contributed by atoms with E-state index >= 15 is 0 Å². The lowest BCUT2D eigenvalue weighted by molar-refractivity contribution is -0.112. The van der Waals surface area contributed by atoms with Gasteiger partial charge in [0.15, 0.2) is 0 Å². The molecular weight excluding hydrogens is 218 g/mol. The Labute approximate surface area is 103 Å². The predicted octanol–water partition coefficient (Wildman–Crippen LogP) is 2.66. The zero-order valence-corrected chi connectivity index (χ0v) is 11.2. The molecule has 4 heteroatoms. The van der Waals surface area contributed by atoms with Crippen molar-refractivity contribution in [3.8, 4) is 0 Å². The van der Waals surface area contributed by atoms with Crippen LogP contribution in [0.3, 0.4) is 0 Å². The van der Waals surface area contributed by atoms with Crippen molar-refractivity contribution in [1.82, 2.24) is 5.32 Å². The number of hydrogen-bond donors (Lipinski definition) is 1. The van der Waals surface area contributed by atoms with Crippen molar-refractivity contribution in [2.45, 2.75) is 64.5 Å². The molecule has 1 amide bonds. The number of carbonyl (C=O) groups excluding carboxylic acids is 2. The van der Waals surface area contributed by atoms with Gasteiger partial charge in [0.25, 0.3) is 0 Å². The number of rotatable bonds is 3. The second kappa shape index (κ2) is 5.07. The molecule has 1 atom stereocenters. The van der Waals surface area contributed by atoms with Gasteiger partial charge in [-0.25, -0.2) is 4.79 Å². The standard InChI is InChI=1S/C13H23NO3/c1-10(9-15)13(7-5-6-8-13)14-11(16)17-12(2,3)4/h9-10H,5-8H2,1-4H3,(H,14,16). The van der Waals surface area contributed by atoms with E-state index in [9.17, 15) is 9.59 Å². The fraction of sp³-hybridized carbons (Fsp3) is 0.846. The van der Waals surface area contributed by atoms with Crippen LogP contribution in [0.15, 0.2) is 0 Å². The van der Waals surface area contributed by atoms with Crippen molar-refractivity contribution >= 4 is 12.4 Å². The molecule has 98 valence electrons. The van der Waals surface area contributed by atoms with Crippen LogP contribution in [0, 0.1) is 5.92 Å². The summed E-state index contributed by atoms with van der Waals surface area (Å²) in [7, 11) is 0. The minimum absolute atomic E-state index is 0.169. The van der Waals surface area contributed by atoms with Gasteiger partial charge in [0.05, 0.1) is 5.54 Å². The van der Waals surface area contributed by atoms with E-state index in [1.165, 1.54) is 0 Å². The van der Waals surface area contributed by atoms with Gasteiger partial charge in [-0.05, 0) is 33.6 Å². The molecule has 0 saturated heterocycles. The van der Waals surface area contributed by atoms with Gasteiger partial charge in [-0.2, -0.15) is 0 Å². The number of nitrogens with one attached hydrogen (secondary N) is 1. The summed E-state index contributed by atoms with van der Waals surface area (Å²) in [6, 6.07) is 0. The summed E-state index contributed by atoms with van der Waals surface area (Å²) < 4.78 is 5.25. The van der Waals surface area contributed by atoms with Crippen LogP contribution in [0.1, 0.15) is 53.4 Å². The number of aldehydes is 1. The van der Waals surface area contributed by atoms with Crippen molar-refractivity contribution < 1.29 is 14.3 Å². The second-order valence-electron chi connectivity index (χ2n) is 5.91. The van der Waals surface area contributed by atoms with Gasteiger partial charge in [-0.3, -0.25) is 0 Å². The fourth-order valence-corrected chi connectivity index (χ4v) is 2.34. The molecule has 1 unspecified atom stereocenters. The number of alkyl carbamates (subject to hydrolysis) is 1. The SMILES string of the molecule is CC(C=O)C1(NC(=O)OC(C)(C)C)CCCC1. The van der Waals surface area contributed by atoms with Crippen LogP contribution >= 0.6 is 0 Å². The average molecular weight is 241 g/mol. The molecule has 0 spiro atoms. The van der Waals surface area contributed by atoms with Crippen LogP contribution in [0.25, 0.3) is 0 Å². The Morgan fingerprint density at radius 1 is 1.35 bits per heavy atom. The zero-order chi connectivity index (χ0) is 13.1. The smallest absolute Gasteiger partial charge is 0.408 e. The van der Waals surface area contributed by atoms with Gasteiger partial charge >= 0.3 is 6.09 Å². The Kier molecular flexibility index (Phi) is 4.17. The third kappa shape index (κ3) is 3.72. The lowest BCUT2D eigenvalue weighted by Crippen LogP contribution is -2.52. The molecule has 0 aromatic rings. The van der Waals surface area contributed by atoms with E-state index < -0.39 is 17.2 Å². The first-order valence-corrected chi connectivity index (χ1v) is 6.25. The predicted molar refractivity (Wildman–Crippen MR) is 65.8 cm³/mol. The Hall–Kier alpha value is -1.06. The lowest BCUT2D eigenvalue weighted by atomic mass is 9.84. The minimum atomic E-state index is -0.506. The Morgan fingerprint density at radius 2 is 1.88 bits per heavy atom. The summed E-state index contributed by atoms with van der Waals surface area (Å²) in [6.45, 7) is 7.35. The summed E-state index contributed by atoms with van der Waals surface area (Å²) in [4.78, 5) is 22.8. The molecule has 0 aromatic heterocycles. The van der Waals surface area contributed by atoms with Crippen molar-refractivity contribution in [1.29, 1.82) is 0 Å². The maximum atomic E-state index is 11.8. The van der Waals surface area contributed by atoms with Crippen molar-refractivity contribution in [2.24, 2.45) is 5.92 Å². The first-order valence-electron chi connectivity index (χ1n) is 6.25. The van der Waals surface area contributed by atoms with E-state index in [1.807, 2.05) is 27.7 Å². The van der Waals surface area contributed by atoms with Gasteiger partial charge in [0, 0.05) is 5.92 Å². The topological polar surface area (TPSA) is 55.4 Å². The van der Waals surface area contributed by atoms with Crippen molar-refractivity contribution in [3.63, 3.8) is 0 Å². The van der Waals surface area contributed by atoms with Gasteiger partial charge < -0.3 is 14.8 Å². The number of carbonyl (C=O) groups is 2. The number of hydrogen-bond acceptors (Lipinski definition) is 3. The normalized spacial score (nSPS) is 20.7. The molecule has 0 bridgehead atoms. The van der Waals surface area contributed by atoms with E-state index in [0.29, 0.717) is 0 Å². The molecular formula is C13H23NO3. The summed E-state index contributed by atoms with van der Waals surface area (Å²) in [5, 5.41) is 2.91. The first kappa shape index (κ1) is 14.0. The van der Waals surface area contributed by atoms with Crippen molar-refractivity contribution in [3.05, 3.63) is 0 Å². The van der Waals surface area contributed by atoms with E-state index in [0.717, 1.165) is 32.0 Å². The number of ether oxygens (including phenoxy) is 1. The molecule has 0 aromatic carbocycles. The van der Waals surface area contributed by atoms with Crippen LogP contribution < -0.4 is 5.32 Å². The number of amides is 1. The van der Waals surface area contributed by atoms with Gasteiger partial charge in [-0.15, -0.1) is 0 Å². The Morgan fingerprint density at radius 3 is 2.29 bits per heavy atom. The quantitative estimate of drug-likeness (QED) is 0.773. The molecule has 17 heavy (non-hydrogen) atoms. The van der Waals surface area contributed by atoms with Crippen LogP contribution in [-0.4, -0.2) is 23.5 Å². The summed E-state index contributed by atoms with van der Waals surface area (Å²) in [5.74, 6) is -0.169. The molecule has 0 heterocycles. The molecule has 1 saturated carbocycles. The maximum Gasteiger partial charge on any atom is 0.408 e.